The third-order valence-corrected chi connectivity index (χ3v) is 5.89. The second-order valence-corrected chi connectivity index (χ2v) is 7.90. The van der Waals surface area contributed by atoms with Crippen LogP contribution in [0, 0.1) is 11.7 Å². The zero-order chi connectivity index (χ0) is 22.1. The van der Waals surface area contributed by atoms with Crippen LogP contribution < -0.4 is 0 Å². The van der Waals surface area contributed by atoms with E-state index in [1.807, 2.05) is 41.3 Å². The first-order valence-electron chi connectivity index (χ1n) is 11.1. The quantitative estimate of drug-likeness (QED) is 0.384. The van der Waals surface area contributed by atoms with Crippen LogP contribution in [0.5, 0.6) is 0 Å². The third-order valence-electron chi connectivity index (χ3n) is 5.89. The predicted octanol–water partition coefficient (Wildman–Crippen LogP) is 6.36. The lowest BCUT2D eigenvalue weighted by molar-refractivity contribution is -0.136. The SMILES string of the molecule is CCC(CC)C(c1ccccc1)N(Cc1ccccn1)C(=O)CCc1ccc(F)cc1. The van der Waals surface area contributed by atoms with Gasteiger partial charge in [-0.15, -0.1) is 0 Å². The summed E-state index contributed by atoms with van der Waals surface area (Å²) in [6.45, 7) is 4.84. The minimum Gasteiger partial charge on any atom is -0.329 e. The minimum absolute atomic E-state index is 0.0149. The fourth-order valence-corrected chi connectivity index (χ4v) is 4.15. The van der Waals surface area contributed by atoms with Gasteiger partial charge in [-0.3, -0.25) is 9.78 Å². The molecule has 0 saturated carbocycles. The summed E-state index contributed by atoms with van der Waals surface area (Å²) in [7, 11) is 0. The fourth-order valence-electron chi connectivity index (χ4n) is 4.15. The Kier molecular flexibility index (Phi) is 8.34. The van der Waals surface area contributed by atoms with Crippen molar-refractivity contribution in [1.82, 2.24) is 9.88 Å². The topological polar surface area (TPSA) is 33.2 Å². The van der Waals surface area contributed by atoms with Crippen molar-refractivity contribution >= 4 is 5.91 Å². The van der Waals surface area contributed by atoms with Gasteiger partial charge in [-0.05, 0) is 47.7 Å². The Morgan fingerprint density at radius 3 is 2.23 bits per heavy atom. The number of amides is 1. The molecule has 1 atom stereocenters. The van der Waals surface area contributed by atoms with Crippen LogP contribution in [0.25, 0.3) is 0 Å². The van der Waals surface area contributed by atoms with Crippen LogP contribution in [0.4, 0.5) is 4.39 Å². The molecule has 2 aromatic carbocycles. The number of hydrogen-bond acceptors (Lipinski definition) is 2. The molecule has 1 aromatic heterocycles. The van der Waals surface area contributed by atoms with Gasteiger partial charge < -0.3 is 4.90 Å². The van der Waals surface area contributed by atoms with Crippen molar-refractivity contribution in [2.24, 2.45) is 5.92 Å². The maximum atomic E-state index is 13.6. The Labute approximate surface area is 185 Å². The Morgan fingerprint density at radius 2 is 1.61 bits per heavy atom. The first-order chi connectivity index (χ1) is 15.1. The Hall–Kier alpha value is -3.01. The van der Waals surface area contributed by atoms with Crippen molar-refractivity contribution in [3.05, 3.63) is 102 Å². The number of aromatic nitrogens is 1. The predicted molar refractivity (Wildman–Crippen MR) is 123 cm³/mol. The van der Waals surface area contributed by atoms with E-state index in [2.05, 4.69) is 31.0 Å². The molecule has 31 heavy (non-hydrogen) atoms. The molecule has 0 saturated heterocycles. The molecule has 3 nitrogen and oxygen atoms in total. The van der Waals surface area contributed by atoms with Gasteiger partial charge in [0.25, 0.3) is 0 Å². The number of halogens is 1. The van der Waals surface area contributed by atoms with Crippen molar-refractivity contribution in [2.45, 2.75) is 52.1 Å². The molecule has 162 valence electrons. The number of carbonyl (C=O) groups excluding carboxylic acids is 1. The standard InChI is InChI=1S/C27H31FN2O/c1-3-22(4-2)27(23-10-6-5-7-11-23)30(20-25-12-8-9-19-29-25)26(31)18-15-21-13-16-24(28)17-14-21/h5-14,16-17,19,22,27H,3-4,15,18,20H2,1-2H3. The van der Waals surface area contributed by atoms with Gasteiger partial charge in [0.1, 0.15) is 5.82 Å². The Bertz CT molecular complexity index is 924. The molecule has 1 heterocycles. The average molecular weight is 419 g/mol. The van der Waals surface area contributed by atoms with Gasteiger partial charge in [0.05, 0.1) is 18.3 Å². The van der Waals surface area contributed by atoms with E-state index in [1.165, 1.54) is 12.1 Å². The molecule has 0 N–H and O–H groups in total. The molecular weight excluding hydrogens is 387 g/mol. The highest BCUT2D eigenvalue weighted by molar-refractivity contribution is 5.77. The van der Waals surface area contributed by atoms with Gasteiger partial charge >= 0.3 is 0 Å². The Balaban J connectivity index is 1.90. The summed E-state index contributed by atoms with van der Waals surface area (Å²) < 4.78 is 13.2. The van der Waals surface area contributed by atoms with Crippen LogP contribution in [0.15, 0.2) is 79.0 Å². The van der Waals surface area contributed by atoms with Crippen LogP contribution in [0.1, 0.15) is 56.0 Å². The molecule has 1 unspecified atom stereocenters. The maximum Gasteiger partial charge on any atom is 0.223 e. The van der Waals surface area contributed by atoms with Crippen molar-refractivity contribution < 1.29 is 9.18 Å². The van der Waals surface area contributed by atoms with Gasteiger partial charge in [0.15, 0.2) is 0 Å². The van der Waals surface area contributed by atoms with E-state index < -0.39 is 0 Å². The molecule has 0 aliphatic heterocycles. The normalized spacial score (nSPS) is 12.0. The van der Waals surface area contributed by atoms with E-state index in [0.29, 0.717) is 25.3 Å². The van der Waals surface area contributed by atoms with Gasteiger partial charge in [-0.25, -0.2) is 4.39 Å². The summed E-state index contributed by atoms with van der Waals surface area (Å²) in [6, 6.07) is 22.5. The lowest BCUT2D eigenvalue weighted by Crippen LogP contribution is -2.38. The Morgan fingerprint density at radius 1 is 0.935 bits per heavy atom. The van der Waals surface area contributed by atoms with Gasteiger partial charge in [0.2, 0.25) is 5.91 Å². The van der Waals surface area contributed by atoms with Gasteiger partial charge in [0, 0.05) is 12.6 Å². The molecule has 3 rings (SSSR count). The van der Waals surface area contributed by atoms with Crippen molar-refractivity contribution in [3.63, 3.8) is 0 Å². The van der Waals surface area contributed by atoms with Crippen LogP contribution >= 0.6 is 0 Å². The van der Waals surface area contributed by atoms with Crippen LogP contribution in [-0.2, 0) is 17.8 Å². The zero-order valence-corrected chi connectivity index (χ0v) is 18.4. The highest BCUT2D eigenvalue weighted by Crippen LogP contribution is 2.34. The molecule has 3 aromatic rings. The molecule has 0 spiro atoms. The van der Waals surface area contributed by atoms with Crippen molar-refractivity contribution in [2.75, 3.05) is 0 Å². The van der Waals surface area contributed by atoms with E-state index in [9.17, 15) is 9.18 Å². The molecule has 1 amide bonds. The van der Waals surface area contributed by atoms with Gasteiger partial charge in [-0.1, -0.05) is 75.2 Å². The highest BCUT2D eigenvalue weighted by Gasteiger charge is 2.30. The maximum absolute atomic E-state index is 13.6. The number of aryl methyl sites for hydroxylation is 1. The zero-order valence-electron chi connectivity index (χ0n) is 18.4. The number of pyridine rings is 1. The summed E-state index contributed by atoms with van der Waals surface area (Å²) in [5, 5.41) is 0. The largest absolute Gasteiger partial charge is 0.329 e. The monoisotopic (exact) mass is 418 g/mol. The summed E-state index contributed by atoms with van der Waals surface area (Å²) in [4.78, 5) is 20.0. The van der Waals surface area contributed by atoms with E-state index in [0.717, 1.165) is 29.7 Å². The molecule has 4 heteroatoms. The molecule has 0 bridgehead atoms. The summed E-state index contributed by atoms with van der Waals surface area (Å²) in [5.41, 5.74) is 3.00. The first-order valence-corrected chi connectivity index (χ1v) is 11.1. The number of benzene rings is 2. The summed E-state index contributed by atoms with van der Waals surface area (Å²) in [6.07, 6.45) is 4.70. The fraction of sp³-hybridized carbons (Fsp3) is 0.333. The highest BCUT2D eigenvalue weighted by atomic mass is 19.1. The van der Waals surface area contributed by atoms with E-state index in [1.54, 1.807) is 18.3 Å². The lowest BCUT2D eigenvalue weighted by atomic mass is 9.87. The third kappa shape index (κ3) is 6.24. The smallest absolute Gasteiger partial charge is 0.223 e. The molecule has 0 fully saturated rings. The van der Waals surface area contributed by atoms with Crippen LogP contribution in [0.2, 0.25) is 0 Å². The summed E-state index contributed by atoms with van der Waals surface area (Å²) >= 11 is 0. The molecular formula is C27H31FN2O. The second-order valence-electron chi connectivity index (χ2n) is 7.90. The van der Waals surface area contributed by atoms with Gasteiger partial charge in [-0.2, -0.15) is 0 Å². The first kappa shape index (κ1) is 22.7. The molecule has 0 aliphatic rings. The average Bonchev–Trinajstić information content (AvgIpc) is 2.82. The minimum atomic E-state index is -0.260. The number of rotatable bonds is 10. The van der Waals surface area contributed by atoms with E-state index in [4.69, 9.17) is 0 Å². The summed E-state index contributed by atoms with van der Waals surface area (Å²) in [5.74, 6) is 0.182. The second kappa shape index (κ2) is 11.4. The van der Waals surface area contributed by atoms with E-state index in [-0.39, 0.29) is 17.8 Å². The molecule has 0 radical (unpaired) electrons. The van der Waals surface area contributed by atoms with Crippen LogP contribution in [-0.4, -0.2) is 15.8 Å². The molecule has 0 aliphatic carbocycles. The van der Waals surface area contributed by atoms with Crippen molar-refractivity contribution in [3.8, 4) is 0 Å². The lowest BCUT2D eigenvalue weighted by Gasteiger charge is -2.37. The number of hydrogen-bond donors (Lipinski definition) is 0. The van der Waals surface area contributed by atoms with Crippen LogP contribution in [0.3, 0.4) is 0 Å². The number of carbonyl (C=O) groups is 1. The number of nitrogens with zero attached hydrogens (tertiary/aromatic N) is 2. The van der Waals surface area contributed by atoms with Crippen molar-refractivity contribution in [1.29, 1.82) is 0 Å². The van der Waals surface area contributed by atoms with E-state index >= 15 is 0 Å².